The van der Waals surface area contributed by atoms with E-state index in [1.807, 2.05) is 11.9 Å². The van der Waals surface area contributed by atoms with Crippen LogP contribution < -0.4 is 4.90 Å². The highest BCUT2D eigenvalue weighted by atomic mass is 19.4. The largest absolute Gasteiger partial charge is 0.416 e. The first-order chi connectivity index (χ1) is 8.91. The molecule has 1 aliphatic heterocycles. The van der Waals surface area contributed by atoms with Crippen molar-refractivity contribution >= 4 is 5.82 Å². The zero-order valence-corrected chi connectivity index (χ0v) is 11.1. The lowest BCUT2D eigenvalue weighted by Gasteiger charge is -2.23. The first kappa shape index (κ1) is 14.1. The predicted molar refractivity (Wildman–Crippen MR) is 68.2 cm³/mol. The highest BCUT2D eigenvalue weighted by molar-refractivity contribution is 5.43. The molecule has 2 rings (SSSR count). The molecule has 19 heavy (non-hydrogen) atoms. The summed E-state index contributed by atoms with van der Waals surface area (Å²) in [4.78, 5) is 8.20. The average molecular weight is 273 g/mol. The van der Waals surface area contributed by atoms with Gasteiger partial charge in [0.2, 0.25) is 0 Å². The van der Waals surface area contributed by atoms with Gasteiger partial charge >= 0.3 is 6.18 Å². The lowest BCUT2D eigenvalue weighted by molar-refractivity contribution is -0.137. The van der Waals surface area contributed by atoms with Crippen LogP contribution >= 0.6 is 0 Å². The van der Waals surface area contributed by atoms with Gasteiger partial charge in [-0.1, -0.05) is 6.92 Å². The van der Waals surface area contributed by atoms with Gasteiger partial charge in [-0.3, -0.25) is 0 Å². The summed E-state index contributed by atoms with van der Waals surface area (Å²) in [6, 6.07) is 2.53. The zero-order chi connectivity index (χ0) is 14.0. The van der Waals surface area contributed by atoms with Gasteiger partial charge in [0.1, 0.15) is 5.82 Å². The SMILES string of the molecule is CCN(C)C1CCN(c2cc(C(F)(F)F)ccn2)C1. The van der Waals surface area contributed by atoms with E-state index in [-0.39, 0.29) is 0 Å². The van der Waals surface area contributed by atoms with Gasteiger partial charge < -0.3 is 9.80 Å². The second-order valence-corrected chi connectivity index (χ2v) is 4.86. The molecular formula is C13H18F3N3. The van der Waals surface area contributed by atoms with E-state index in [9.17, 15) is 13.2 Å². The Labute approximate surface area is 111 Å². The van der Waals surface area contributed by atoms with E-state index in [0.717, 1.165) is 38.2 Å². The fourth-order valence-electron chi connectivity index (χ4n) is 2.34. The second kappa shape index (κ2) is 5.36. The van der Waals surface area contributed by atoms with Gasteiger partial charge in [-0.2, -0.15) is 13.2 Å². The Hall–Kier alpha value is -1.30. The number of hydrogen-bond acceptors (Lipinski definition) is 3. The lowest BCUT2D eigenvalue weighted by Crippen LogP contribution is -2.34. The van der Waals surface area contributed by atoms with Gasteiger partial charge in [0.15, 0.2) is 0 Å². The number of pyridine rings is 1. The van der Waals surface area contributed by atoms with Crippen LogP contribution in [0.15, 0.2) is 18.3 Å². The molecule has 1 unspecified atom stereocenters. The van der Waals surface area contributed by atoms with E-state index >= 15 is 0 Å². The van der Waals surface area contributed by atoms with Gasteiger partial charge in [0, 0.05) is 25.3 Å². The third-order valence-corrected chi connectivity index (χ3v) is 3.68. The zero-order valence-electron chi connectivity index (χ0n) is 11.1. The Kier molecular flexibility index (Phi) is 3.99. The minimum absolute atomic E-state index is 0.390. The normalized spacial score (nSPS) is 20.3. The van der Waals surface area contributed by atoms with Gasteiger partial charge in [-0.15, -0.1) is 0 Å². The lowest BCUT2D eigenvalue weighted by atomic mass is 10.2. The molecule has 0 N–H and O–H groups in total. The number of hydrogen-bond donors (Lipinski definition) is 0. The maximum atomic E-state index is 12.7. The van der Waals surface area contributed by atoms with Crippen molar-refractivity contribution in [1.82, 2.24) is 9.88 Å². The molecular weight excluding hydrogens is 255 g/mol. The Morgan fingerprint density at radius 1 is 1.47 bits per heavy atom. The van der Waals surface area contributed by atoms with E-state index in [4.69, 9.17) is 0 Å². The molecule has 1 saturated heterocycles. The van der Waals surface area contributed by atoms with Crippen LogP contribution in [0.5, 0.6) is 0 Å². The number of anilines is 1. The predicted octanol–water partition coefficient (Wildman–Crippen LogP) is 2.63. The summed E-state index contributed by atoms with van der Waals surface area (Å²) in [7, 11) is 2.04. The van der Waals surface area contributed by atoms with E-state index in [1.54, 1.807) is 0 Å². The van der Waals surface area contributed by atoms with Crippen molar-refractivity contribution in [2.45, 2.75) is 25.6 Å². The number of halogens is 3. The Morgan fingerprint density at radius 3 is 2.84 bits per heavy atom. The average Bonchev–Trinajstić information content (AvgIpc) is 2.86. The van der Waals surface area contributed by atoms with Crippen molar-refractivity contribution in [2.75, 3.05) is 31.6 Å². The highest BCUT2D eigenvalue weighted by Crippen LogP contribution is 2.31. The van der Waals surface area contributed by atoms with Crippen molar-refractivity contribution in [1.29, 1.82) is 0 Å². The van der Waals surface area contributed by atoms with Crippen LogP contribution in [0, 0.1) is 0 Å². The monoisotopic (exact) mass is 273 g/mol. The molecule has 0 saturated carbocycles. The highest BCUT2D eigenvalue weighted by Gasteiger charge is 2.32. The van der Waals surface area contributed by atoms with Gasteiger partial charge in [0.05, 0.1) is 5.56 Å². The third kappa shape index (κ3) is 3.18. The van der Waals surface area contributed by atoms with Crippen LogP contribution in [-0.4, -0.2) is 42.6 Å². The van der Waals surface area contributed by atoms with Crippen LogP contribution in [0.4, 0.5) is 19.0 Å². The summed E-state index contributed by atoms with van der Waals surface area (Å²) in [6.45, 7) is 4.50. The summed E-state index contributed by atoms with van der Waals surface area (Å²) >= 11 is 0. The molecule has 1 atom stereocenters. The standard InChI is InChI=1S/C13H18F3N3/c1-3-18(2)11-5-7-19(9-11)12-8-10(4-6-17-12)13(14,15)16/h4,6,8,11H,3,5,7,9H2,1-2H3. The fourth-order valence-corrected chi connectivity index (χ4v) is 2.34. The molecule has 0 aliphatic carbocycles. The van der Waals surface area contributed by atoms with Crippen LogP contribution in [0.3, 0.4) is 0 Å². The van der Waals surface area contributed by atoms with Gasteiger partial charge in [0.25, 0.3) is 0 Å². The van der Waals surface area contributed by atoms with E-state index in [1.165, 1.54) is 6.20 Å². The van der Waals surface area contributed by atoms with Crippen LogP contribution in [0.1, 0.15) is 18.9 Å². The molecule has 0 amide bonds. The third-order valence-electron chi connectivity index (χ3n) is 3.68. The van der Waals surface area contributed by atoms with Crippen LogP contribution in [0.25, 0.3) is 0 Å². The van der Waals surface area contributed by atoms with E-state index in [0.29, 0.717) is 11.9 Å². The van der Waals surface area contributed by atoms with E-state index < -0.39 is 11.7 Å². The minimum atomic E-state index is -4.31. The molecule has 2 heterocycles. The number of nitrogens with zero attached hydrogens (tertiary/aromatic N) is 3. The number of rotatable bonds is 3. The Bertz CT molecular complexity index is 433. The summed E-state index contributed by atoms with van der Waals surface area (Å²) < 4.78 is 38.0. The Balaban J connectivity index is 2.12. The van der Waals surface area contributed by atoms with Crippen LogP contribution in [0.2, 0.25) is 0 Å². The number of alkyl halides is 3. The molecule has 1 aromatic heterocycles. The summed E-state index contributed by atoms with van der Waals surface area (Å²) in [6.07, 6.45) is -2.12. The van der Waals surface area contributed by atoms with Crippen LogP contribution in [-0.2, 0) is 6.18 Å². The van der Waals surface area contributed by atoms with Crippen molar-refractivity contribution in [3.8, 4) is 0 Å². The first-order valence-electron chi connectivity index (χ1n) is 6.40. The summed E-state index contributed by atoms with van der Waals surface area (Å²) in [5.41, 5.74) is -0.634. The van der Waals surface area contributed by atoms with Gasteiger partial charge in [-0.25, -0.2) is 4.98 Å². The molecule has 1 aliphatic rings. The molecule has 1 aromatic rings. The number of aromatic nitrogens is 1. The quantitative estimate of drug-likeness (QED) is 0.844. The molecule has 0 spiro atoms. The number of likely N-dealkylation sites (N-methyl/N-ethyl adjacent to an activating group) is 1. The Morgan fingerprint density at radius 2 is 2.21 bits per heavy atom. The van der Waals surface area contributed by atoms with Crippen molar-refractivity contribution < 1.29 is 13.2 Å². The maximum Gasteiger partial charge on any atom is 0.416 e. The minimum Gasteiger partial charge on any atom is -0.355 e. The van der Waals surface area contributed by atoms with Crippen molar-refractivity contribution in [3.05, 3.63) is 23.9 Å². The van der Waals surface area contributed by atoms with Crippen molar-refractivity contribution in [3.63, 3.8) is 0 Å². The fraction of sp³-hybridized carbons (Fsp3) is 0.615. The molecule has 106 valence electrons. The molecule has 3 nitrogen and oxygen atoms in total. The summed E-state index contributed by atoms with van der Waals surface area (Å²) in [5.74, 6) is 0.418. The summed E-state index contributed by atoms with van der Waals surface area (Å²) in [5, 5.41) is 0. The molecule has 0 radical (unpaired) electrons. The van der Waals surface area contributed by atoms with Crippen molar-refractivity contribution in [2.24, 2.45) is 0 Å². The second-order valence-electron chi connectivity index (χ2n) is 4.86. The molecule has 0 aromatic carbocycles. The maximum absolute atomic E-state index is 12.7. The molecule has 1 fully saturated rings. The van der Waals surface area contributed by atoms with Gasteiger partial charge in [-0.05, 0) is 32.1 Å². The molecule has 0 bridgehead atoms. The smallest absolute Gasteiger partial charge is 0.355 e. The molecule has 6 heteroatoms. The first-order valence-corrected chi connectivity index (χ1v) is 6.40. The topological polar surface area (TPSA) is 19.4 Å². The van der Waals surface area contributed by atoms with E-state index in [2.05, 4.69) is 16.8 Å².